The van der Waals surface area contributed by atoms with Crippen LogP contribution in [0.1, 0.15) is 42.5 Å². The van der Waals surface area contributed by atoms with Crippen molar-refractivity contribution < 1.29 is 4.79 Å². The molecule has 1 fully saturated rings. The molecule has 0 aliphatic carbocycles. The SMILES string of the molecule is CC(C)c1ncc(Cl)c(C(=O)NC2CCNC2)n1.Cl. The number of nitrogens with zero attached hydrogens (tertiary/aromatic N) is 2. The first kappa shape index (κ1) is 16.1. The maximum absolute atomic E-state index is 12.1. The second-order valence-electron chi connectivity index (χ2n) is 4.74. The summed E-state index contributed by atoms with van der Waals surface area (Å²) in [5.41, 5.74) is 0.266. The molecule has 2 heterocycles. The molecule has 2 rings (SSSR count). The van der Waals surface area contributed by atoms with Gasteiger partial charge in [0.05, 0.1) is 11.2 Å². The van der Waals surface area contributed by atoms with Gasteiger partial charge in [-0.1, -0.05) is 25.4 Å². The summed E-state index contributed by atoms with van der Waals surface area (Å²) in [6.45, 7) is 5.68. The summed E-state index contributed by atoms with van der Waals surface area (Å²) >= 11 is 5.98. The lowest BCUT2D eigenvalue weighted by atomic mass is 10.2. The van der Waals surface area contributed by atoms with Crippen LogP contribution in [0.25, 0.3) is 0 Å². The number of nitrogens with one attached hydrogen (secondary N) is 2. The summed E-state index contributed by atoms with van der Waals surface area (Å²) in [4.78, 5) is 20.4. The van der Waals surface area contributed by atoms with Crippen molar-refractivity contribution in [2.75, 3.05) is 13.1 Å². The Morgan fingerprint density at radius 2 is 2.32 bits per heavy atom. The third kappa shape index (κ3) is 4.03. The van der Waals surface area contributed by atoms with Crippen LogP contribution in [0, 0.1) is 0 Å². The molecular weight excluding hydrogens is 287 g/mol. The molecule has 5 nitrogen and oxygen atoms in total. The number of hydrogen-bond donors (Lipinski definition) is 2. The first-order valence-corrected chi connectivity index (χ1v) is 6.49. The number of halogens is 2. The van der Waals surface area contributed by atoms with Gasteiger partial charge in [-0.3, -0.25) is 4.79 Å². The smallest absolute Gasteiger partial charge is 0.271 e. The quantitative estimate of drug-likeness (QED) is 0.893. The van der Waals surface area contributed by atoms with E-state index in [0.717, 1.165) is 19.5 Å². The largest absolute Gasteiger partial charge is 0.347 e. The molecule has 0 spiro atoms. The molecule has 1 saturated heterocycles. The van der Waals surface area contributed by atoms with Gasteiger partial charge in [-0.2, -0.15) is 0 Å². The zero-order valence-corrected chi connectivity index (χ0v) is 12.5. The lowest BCUT2D eigenvalue weighted by molar-refractivity contribution is 0.0934. The Hall–Kier alpha value is -0.910. The standard InChI is InChI=1S/C12H17ClN4O.ClH/c1-7(2)11-15-6-9(13)10(17-11)12(18)16-8-3-4-14-5-8;/h6-8,14H,3-5H2,1-2H3,(H,16,18);1H. The molecule has 7 heteroatoms. The molecule has 2 N–H and O–H groups in total. The van der Waals surface area contributed by atoms with E-state index in [1.807, 2.05) is 13.8 Å². The summed E-state index contributed by atoms with van der Waals surface area (Å²) in [5, 5.41) is 6.41. The van der Waals surface area contributed by atoms with Crippen LogP contribution in [0.3, 0.4) is 0 Å². The summed E-state index contributed by atoms with van der Waals surface area (Å²) in [6, 6.07) is 0.158. The zero-order chi connectivity index (χ0) is 13.1. The number of carbonyl (C=O) groups excluding carboxylic acids is 1. The summed E-state index contributed by atoms with van der Waals surface area (Å²) in [6.07, 6.45) is 2.43. The van der Waals surface area contributed by atoms with E-state index in [1.165, 1.54) is 6.20 Å². The highest BCUT2D eigenvalue weighted by atomic mass is 35.5. The van der Waals surface area contributed by atoms with Crippen molar-refractivity contribution in [2.45, 2.75) is 32.2 Å². The highest BCUT2D eigenvalue weighted by Crippen LogP contribution is 2.16. The van der Waals surface area contributed by atoms with E-state index < -0.39 is 0 Å². The van der Waals surface area contributed by atoms with Gasteiger partial charge in [-0.25, -0.2) is 9.97 Å². The third-order valence-electron chi connectivity index (χ3n) is 2.89. The lowest BCUT2D eigenvalue weighted by Gasteiger charge is -2.12. The van der Waals surface area contributed by atoms with Gasteiger partial charge in [-0.05, 0) is 13.0 Å². The molecule has 1 aliphatic heterocycles. The number of hydrogen-bond acceptors (Lipinski definition) is 4. The highest BCUT2D eigenvalue weighted by molar-refractivity contribution is 6.33. The molecule has 106 valence electrons. The fraction of sp³-hybridized carbons (Fsp3) is 0.583. The minimum absolute atomic E-state index is 0. The van der Waals surface area contributed by atoms with Gasteiger partial charge < -0.3 is 10.6 Å². The van der Waals surface area contributed by atoms with Gasteiger partial charge in [0.2, 0.25) is 0 Å². The predicted octanol–water partition coefficient (Wildman–Crippen LogP) is 1.77. The van der Waals surface area contributed by atoms with Crippen molar-refractivity contribution in [1.82, 2.24) is 20.6 Å². The molecule has 1 atom stereocenters. The molecular formula is C12H18Cl2N4O. The van der Waals surface area contributed by atoms with Crippen molar-refractivity contribution in [3.63, 3.8) is 0 Å². The van der Waals surface area contributed by atoms with E-state index >= 15 is 0 Å². The van der Waals surface area contributed by atoms with Gasteiger partial charge in [0.25, 0.3) is 5.91 Å². The molecule has 0 aromatic carbocycles. The Morgan fingerprint density at radius 3 is 2.89 bits per heavy atom. The van der Waals surface area contributed by atoms with Gasteiger partial charge in [-0.15, -0.1) is 12.4 Å². The van der Waals surface area contributed by atoms with Crippen LogP contribution in [0.5, 0.6) is 0 Å². The Labute approximate surface area is 124 Å². The van der Waals surface area contributed by atoms with E-state index in [-0.39, 0.29) is 36.0 Å². The van der Waals surface area contributed by atoms with E-state index in [4.69, 9.17) is 11.6 Å². The van der Waals surface area contributed by atoms with Gasteiger partial charge in [0, 0.05) is 18.5 Å². The summed E-state index contributed by atoms with van der Waals surface area (Å²) in [7, 11) is 0. The maximum Gasteiger partial charge on any atom is 0.271 e. The molecule has 0 bridgehead atoms. The van der Waals surface area contributed by atoms with E-state index in [1.54, 1.807) is 0 Å². The first-order chi connectivity index (χ1) is 8.58. The van der Waals surface area contributed by atoms with Crippen LogP contribution in [0.2, 0.25) is 5.02 Å². The molecule has 1 aromatic heterocycles. The molecule has 1 amide bonds. The number of amides is 1. The van der Waals surface area contributed by atoms with E-state index in [9.17, 15) is 4.79 Å². The van der Waals surface area contributed by atoms with E-state index in [2.05, 4.69) is 20.6 Å². The molecule has 1 aliphatic rings. The lowest BCUT2D eigenvalue weighted by Crippen LogP contribution is -2.37. The summed E-state index contributed by atoms with van der Waals surface area (Å²) < 4.78 is 0. The second-order valence-corrected chi connectivity index (χ2v) is 5.15. The van der Waals surface area contributed by atoms with Crippen LogP contribution in [0.4, 0.5) is 0 Å². The minimum atomic E-state index is -0.224. The maximum atomic E-state index is 12.1. The Balaban J connectivity index is 0.00000180. The number of rotatable bonds is 3. The van der Waals surface area contributed by atoms with Crippen molar-refractivity contribution in [2.24, 2.45) is 0 Å². The van der Waals surface area contributed by atoms with Crippen molar-refractivity contribution >= 4 is 29.9 Å². The van der Waals surface area contributed by atoms with Gasteiger partial charge >= 0.3 is 0 Å². The fourth-order valence-corrected chi connectivity index (χ4v) is 2.03. The average molecular weight is 305 g/mol. The third-order valence-corrected chi connectivity index (χ3v) is 3.17. The highest BCUT2D eigenvalue weighted by Gasteiger charge is 2.21. The van der Waals surface area contributed by atoms with Crippen LogP contribution in [0.15, 0.2) is 6.20 Å². The number of aromatic nitrogens is 2. The van der Waals surface area contributed by atoms with Crippen LogP contribution >= 0.6 is 24.0 Å². The Bertz CT molecular complexity index is 447. The monoisotopic (exact) mass is 304 g/mol. The van der Waals surface area contributed by atoms with Gasteiger partial charge in [0.1, 0.15) is 11.5 Å². The minimum Gasteiger partial charge on any atom is -0.347 e. The molecule has 1 unspecified atom stereocenters. The first-order valence-electron chi connectivity index (χ1n) is 6.12. The van der Waals surface area contributed by atoms with Crippen LogP contribution in [-0.2, 0) is 0 Å². The second kappa shape index (κ2) is 7.03. The molecule has 0 radical (unpaired) electrons. The average Bonchev–Trinajstić information content (AvgIpc) is 2.81. The fourth-order valence-electron chi connectivity index (χ4n) is 1.85. The van der Waals surface area contributed by atoms with Crippen LogP contribution in [-0.4, -0.2) is 35.0 Å². The number of carbonyl (C=O) groups is 1. The molecule has 1 aromatic rings. The molecule has 0 saturated carbocycles. The van der Waals surface area contributed by atoms with Crippen LogP contribution < -0.4 is 10.6 Å². The Morgan fingerprint density at radius 1 is 1.58 bits per heavy atom. The predicted molar refractivity (Wildman–Crippen MR) is 77.1 cm³/mol. The normalized spacial score (nSPS) is 18.2. The molecule has 19 heavy (non-hydrogen) atoms. The Kier molecular flexibility index (Phi) is 5.97. The zero-order valence-electron chi connectivity index (χ0n) is 10.9. The summed E-state index contributed by atoms with van der Waals surface area (Å²) in [5.74, 6) is 0.578. The van der Waals surface area contributed by atoms with Crippen molar-refractivity contribution in [3.05, 3.63) is 22.7 Å². The van der Waals surface area contributed by atoms with Crippen molar-refractivity contribution in [3.8, 4) is 0 Å². The topological polar surface area (TPSA) is 66.9 Å². The van der Waals surface area contributed by atoms with E-state index in [0.29, 0.717) is 10.8 Å². The van der Waals surface area contributed by atoms with Crippen molar-refractivity contribution in [1.29, 1.82) is 0 Å². The van der Waals surface area contributed by atoms with Gasteiger partial charge in [0.15, 0.2) is 0 Å².